The van der Waals surface area contributed by atoms with Crippen molar-refractivity contribution in [2.24, 2.45) is 11.8 Å². The van der Waals surface area contributed by atoms with Gasteiger partial charge < -0.3 is 33.7 Å². The van der Waals surface area contributed by atoms with Crippen LogP contribution in [0.5, 0.6) is 0 Å². The lowest BCUT2D eigenvalue weighted by Gasteiger charge is -2.35. The van der Waals surface area contributed by atoms with E-state index in [2.05, 4.69) is 47.7 Å². The minimum absolute atomic E-state index is 0.124. The van der Waals surface area contributed by atoms with Gasteiger partial charge in [-0.2, -0.15) is 0 Å². The summed E-state index contributed by atoms with van der Waals surface area (Å²) in [7, 11) is -2.11. The fourth-order valence-corrected chi connectivity index (χ4v) is 10.2. The molecule has 11 heteroatoms. The monoisotopic (exact) mass is 662 g/mol. The van der Waals surface area contributed by atoms with Crippen LogP contribution in [0.1, 0.15) is 40.5 Å². The topological polar surface area (TPSA) is 114 Å². The number of amides is 1. The molecule has 3 aromatic rings. The maximum Gasteiger partial charge on any atom is 0.306 e. The van der Waals surface area contributed by atoms with Gasteiger partial charge in [0.2, 0.25) is 5.91 Å². The summed E-state index contributed by atoms with van der Waals surface area (Å²) in [4.78, 5) is 32.5. The number of ether oxygens (including phenoxy) is 6. The van der Waals surface area contributed by atoms with Gasteiger partial charge in [-0.15, -0.1) is 0 Å². The number of pyridine rings is 1. The summed E-state index contributed by atoms with van der Waals surface area (Å²) >= 11 is 0. The predicted molar refractivity (Wildman–Crippen MR) is 180 cm³/mol. The molecule has 5 unspecified atom stereocenters. The number of esters is 1. The van der Waals surface area contributed by atoms with E-state index < -0.39 is 50.2 Å². The van der Waals surface area contributed by atoms with E-state index in [9.17, 15) is 9.59 Å². The van der Waals surface area contributed by atoms with Crippen molar-refractivity contribution in [3.05, 3.63) is 66.9 Å². The average Bonchev–Trinajstić information content (AvgIpc) is 3.67. The van der Waals surface area contributed by atoms with Crippen molar-refractivity contribution in [1.29, 1.82) is 0 Å². The maximum atomic E-state index is 14.5. The molecule has 2 aromatic carbocycles. The van der Waals surface area contributed by atoms with Gasteiger partial charge in [0.05, 0.1) is 44.5 Å². The molecule has 1 aromatic heterocycles. The molecular weight excluding hydrogens is 616 g/mol. The van der Waals surface area contributed by atoms with Crippen LogP contribution in [0, 0.1) is 11.8 Å². The summed E-state index contributed by atoms with van der Waals surface area (Å²) in [5, 5.41) is 5.40. The Kier molecular flexibility index (Phi) is 9.59. The third kappa shape index (κ3) is 7.77. The van der Waals surface area contributed by atoms with Crippen molar-refractivity contribution in [2.45, 2.75) is 95.9 Å². The second kappa shape index (κ2) is 13.4. The number of anilines is 1. The number of carbonyl (C=O) groups excluding carboxylic acids is 2. The summed E-state index contributed by atoms with van der Waals surface area (Å²) in [5.41, 5.74) is 1.34. The van der Waals surface area contributed by atoms with E-state index in [0.717, 1.165) is 11.4 Å². The molecular formula is C36H46N2O8Si. The zero-order chi connectivity index (χ0) is 33.4. The minimum Gasteiger partial charge on any atom is -0.457 e. The minimum atomic E-state index is -2.11. The molecule has 1 N–H and O–H groups in total. The molecule has 0 spiro atoms. The van der Waals surface area contributed by atoms with Crippen LogP contribution in [0.3, 0.4) is 0 Å². The molecule has 3 aliphatic rings. The van der Waals surface area contributed by atoms with Crippen LogP contribution in [0.15, 0.2) is 66.9 Å². The Morgan fingerprint density at radius 1 is 0.957 bits per heavy atom. The summed E-state index contributed by atoms with van der Waals surface area (Å²) in [6.45, 7) is 12.4. The summed E-state index contributed by atoms with van der Waals surface area (Å²) in [6.07, 6.45) is 0.159. The Labute approximate surface area is 277 Å². The Bertz CT molecular complexity index is 1580. The Hall–Kier alpha value is -3.19. The second-order valence-corrected chi connectivity index (χ2v) is 19.1. The SMILES string of the molecule is CC1(C)OC2OCC(OC(=O)CCC(C[Si](C)(C)c3ccccc3)[C@@H](C(=O)Nc3cccc4cccnc34)C3COC(C)(C)O3)C2O1. The first-order valence-corrected chi connectivity index (χ1v) is 19.7. The highest BCUT2D eigenvalue weighted by Crippen LogP contribution is 2.39. The number of nitrogens with one attached hydrogen (secondary N) is 1. The largest absolute Gasteiger partial charge is 0.457 e. The van der Waals surface area contributed by atoms with Crippen LogP contribution >= 0.6 is 0 Å². The van der Waals surface area contributed by atoms with Crippen LogP contribution in [0.2, 0.25) is 19.1 Å². The Morgan fingerprint density at radius 2 is 1.72 bits per heavy atom. The molecule has 6 rings (SSSR count). The highest BCUT2D eigenvalue weighted by molar-refractivity contribution is 6.89. The van der Waals surface area contributed by atoms with E-state index in [0.29, 0.717) is 17.6 Å². The molecule has 4 heterocycles. The first-order valence-electron chi connectivity index (χ1n) is 16.5. The number of nitrogens with zero attached hydrogens (tertiary/aromatic N) is 1. The van der Waals surface area contributed by atoms with Crippen molar-refractivity contribution in [2.75, 3.05) is 18.5 Å². The van der Waals surface area contributed by atoms with Crippen LogP contribution in [-0.2, 0) is 38.0 Å². The van der Waals surface area contributed by atoms with Gasteiger partial charge in [0, 0.05) is 18.0 Å². The Morgan fingerprint density at radius 3 is 2.47 bits per heavy atom. The van der Waals surface area contributed by atoms with Crippen molar-refractivity contribution in [3.63, 3.8) is 0 Å². The van der Waals surface area contributed by atoms with E-state index in [-0.39, 0.29) is 37.4 Å². The van der Waals surface area contributed by atoms with Gasteiger partial charge >= 0.3 is 5.97 Å². The molecule has 3 aliphatic heterocycles. The summed E-state index contributed by atoms with van der Waals surface area (Å²) in [6, 6.07) is 20.8. The fraction of sp³-hybridized carbons (Fsp3) is 0.528. The van der Waals surface area contributed by atoms with Gasteiger partial charge in [-0.05, 0) is 58.2 Å². The predicted octanol–water partition coefficient (Wildman–Crippen LogP) is 5.37. The molecule has 0 aliphatic carbocycles. The maximum absolute atomic E-state index is 14.5. The lowest BCUT2D eigenvalue weighted by molar-refractivity contribution is -0.204. The number of hydrogen-bond acceptors (Lipinski definition) is 9. The van der Waals surface area contributed by atoms with Crippen molar-refractivity contribution >= 4 is 41.7 Å². The lowest BCUT2D eigenvalue weighted by atomic mass is 9.84. The van der Waals surface area contributed by atoms with Crippen molar-refractivity contribution in [3.8, 4) is 0 Å². The van der Waals surface area contributed by atoms with E-state index in [1.165, 1.54) is 5.19 Å². The molecule has 0 saturated carbocycles. The third-order valence-corrected chi connectivity index (χ3v) is 12.8. The van der Waals surface area contributed by atoms with Crippen molar-refractivity contribution in [1.82, 2.24) is 4.98 Å². The first-order chi connectivity index (χ1) is 22.3. The van der Waals surface area contributed by atoms with Crippen LogP contribution in [0.4, 0.5) is 5.69 Å². The lowest BCUT2D eigenvalue weighted by Crippen LogP contribution is -2.48. The third-order valence-electron chi connectivity index (χ3n) is 9.34. The highest BCUT2D eigenvalue weighted by atomic mass is 28.3. The smallest absolute Gasteiger partial charge is 0.306 e. The zero-order valence-electron chi connectivity index (χ0n) is 28.1. The standard InChI is InChI=1S/C36H46N2O8Si/c1-35(2)42-21-27(44-35)30(33(40)38-26-16-10-12-23-13-11-19-37-31(23)26)24(22-47(5,6)25-14-8-7-9-15-25)17-18-29(39)43-28-20-41-34-32(28)45-36(3,4)46-34/h7-16,19,24,27-28,30,32,34H,17-18,20-22H2,1-6H3,(H,38,40)/t24?,27?,28?,30-,32?,34?/m1/s1. The van der Waals surface area contributed by atoms with Gasteiger partial charge in [-0.1, -0.05) is 66.8 Å². The zero-order valence-corrected chi connectivity index (χ0v) is 29.1. The molecule has 0 bridgehead atoms. The normalized spacial score (nSPS) is 26.1. The van der Waals surface area contributed by atoms with E-state index in [1.54, 1.807) is 6.20 Å². The molecule has 3 saturated heterocycles. The second-order valence-electron chi connectivity index (χ2n) is 14.3. The summed E-state index contributed by atoms with van der Waals surface area (Å²) < 4.78 is 35.8. The first kappa shape index (κ1) is 33.7. The number of rotatable bonds is 11. The highest BCUT2D eigenvalue weighted by Gasteiger charge is 2.52. The number of aromatic nitrogens is 1. The Balaban J connectivity index is 1.27. The van der Waals surface area contributed by atoms with Gasteiger partial charge in [-0.3, -0.25) is 14.6 Å². The molecule has 0 radical (unpaired) electrons. The number of para-hydroxylation sites is 1. The summed E-state index contributed by atoms with van der Waals surface area (Å²) in [5.74, 6) is -3.01. The van der Waals surface area contributed by atoms with Crippen LogP contribution < -0.4 is 10.5 Å². The molecule has 47 heavy (non-hydrogen) atoms. The molecule has 6 atom stereocenters. The molecule has 3 fully saturated rings. The average molecular weight is 663 g/mol. The van der Waals surface area contributed by atoms with E-state index in [4.69, 9.17) is 28.4 Å². The number of benzene rings is 2. The molecule has 10 nitrogen and oxygen atoms in total. The quantitative estimate of drug-likeness (QED) is 0.214. The van der Waals surface area contributed by atoms with Gasteiger partial charge in [0.25, 0.3) is 0 Å². The number of fused-ring (bicyclic) bond motifs is 2. The molecule has 252 valence electrons. The molecule has 1 amide bonds. The van der Waals surface area contributed by atoms with E-state index >= 15 is 0 Å². The van der Waals surface area contributed by atoms with E-state index in [1.807, 2.05) is 64.1 Å². The van der Waals surface area contributed by atoms with Crippen LogP contribution in [0.25, 0.3) is 10.9 Å². The fourth-order valence-electron chi connectivity index (χ4n) is 7.13. The van der Waals surface area contributed by atoms with Crippen LogP contribution in [-0.4, -0.2) is 74.3 Å². The van der Waals surface area contributed by atoms with Crippen molar-refractivity contribution < 1.29 is 38.0 Å². The number of hydrogen-bond donors (Lipinski definition) is 1. The van der Waals surface area contributed by atoms with Gasteiger partial charge in [0.1, 0.15) is 0 Å². The van der Waals surface area contributed by atoms with Gasteiger partial charge in [0.15, 0.2) is 30.1 Å². The number of carbonyl (C=O) groups is 2. The van der Waals surface area contributed by atoms with Gasteiger partial charge in [-0.25, -0.2) is 0 Å².